The summed E-state index contributed by atoms with van der Waals surface area (Å²) in [6.45, 7) is 6.28. The lowest BCUT2D eigenvalue weighted by atomic mass is 9.84. The van der Waals surface area contributed by atoms with Crippen molar-refractivity contribution in [3.05, 3.63) is 70.3 Å². The minimum atomic E-state index is 0.243. The fourth-order valence-electron chi connectivity index (χ4n) is 4.81. The quantitative estimate of drug-likeness (QED) is 0.743. The van der Waals surface area contributed by atoms with Gasteiger partial charge < -0.3 is 4.90 Å². The van der Waals surface area contributed by atoms with Crippen LogP contribution >= 0.6 is 0 Å². The molecule has 1 amide bonds. The molecular weight excluding hydrogens is 306 g/mol. The molecule has 0 radical (unpaired) electrons. The van der Waals surface area contributed by atoms with Crippen LogP contribution in [0.3, 0.4) is 0 Å². The van der Waals surface area contributed by atoms with Crippen molar-refractivity contribution in [1.29, 1.82) is 0 Å². The first-order valence-corrected chi connectivity index (χ1v) is 9.49. The van der Waals surface area contributed by atoms with E-state index in [9.17, 15) is 4.79 Å². The molecule has 2 bridgehead atoms. The highest BCUT2D eigenvalue weighted by Gasteiger charge is 2.43. The Labute approximate surface area is 150 Å². The first kappa shape index (κ1) is 16.4. The number of carbonyl (C=O) groups excluding carboxylic acids is 1. The SMILES string of the molecule is Cc1ccc(C2C[C@H]3CC[C@@H](C2)N3C(=O)c2ccc(C)cc2C)cc1. The fourth-order valence-corrected chi connectivity index (χ4v) is 4.81. The summed E-state index contributed by atoms with van der Waals surface area (Å²) in [4.78, 5) is 15.4. The molecule has 4 rings (SSSR count). The first-order chi connectivity index (χ1) is 12.0. The van der Waals surface area contributed by atoms with Crippen molar-refractivity contribution in [2.24, 2.45) is 0 Å². The third kappa shape index (κ3) is 2.99. The summed E-state index contributed by atoms with van der Waals surface area (Å²) in [6, 6.07) is 16.0. The van der Waals surface area contributed by atoms with Crippen LogP contribution in [0.5, 0.6) is 0 Å². The number of nitrogens with zero attached hydrogens (tertiary/aromatic N) is 1. The Kier molecular flexibility index (Phi) is 4.15. The number of hydrogen-bond donors (Lipinski definition) is 0. The van der Waals surface area contributed by atoms with Crippen molar-refractivity contribution in [2.45, 2.75) is 64.5 Å². The van der Waals surface area contributed by atoms with Crippen molar-refractivity contribution in [3.8, 4) is 0 Å². The maximum atomic E-state index is 13.2. The van der Waals surface area contributed by atoms with Gasteiger partial charge in [0.2, 0.25) is 0 Å². The summed E-state index contributed by atoms with van der Waals surface area (Å²) in [5, 5.41) is 0. The summed E-state index contributed by atoms with van der Waals surface area (Å²) < 4.78 is 0. The molecule has 25 heavy (non-hydrogen) atoms. The van der Waals surface area contributed by atoms with Crippen LogP contribution in [0.15, 0.2) is 42.5 Å². The van der Waals surface area contributed by atoms with E-state index < -0.39 is 0 Å². The van der Waals surface area contributed by atoms with Gasteiger partial charge in [-0.25, -0.2) is 0 Å². The predicted octanol–water partition coefficient (Wildman–Crippen LogP) is 5.16. The molecule has 0 aromatic heterocycles. The van der Waals surface area contributed by atoms with E-state index in [4.69, 9.17) is 0 Å². The van der Waals surface area contributed by atoms with Gasteiger partial charge in [-0.2, -0.15) is 0 Å². The van der Waals surface area contributed by atoms with Gasteiger partial charge >= 0.3 is 0 Å². The number of rotatable bonds is 2. The molecule has 1 unspecified atom stereocenters. The van der Waals surface area contributed by atoms with Crippen LogP contribution < -0.4 is 0 Å². The maximum Gasteiger partial charge on any atom is 0.254 e. The number of amides is 1. The molecule has 2 saturated heterocycles. The molecule has 2 heteroatoms. The number of fused-ring (bicyclic) bond motifs is 2. The van der Waals surface area contributed by atoms with Crippen molar-refractivity contribution in [2.75, 3.05) is 0 Å². The summed E-state index contributed by atoms with van der Waals surface area (Å²) in [5.74, 6) is 0.841. The van der Waals surface area contributed by atoms with Crippen molar-refractivity contribution < 1.29 is 4.79 Å². The maximum absolute atomic E-state index is 13.2. The Morgan fingerprint density at radius 2 is 1.48 bits per heavy atom. The van der Waals surface area contributed by atoms with Gasteiger partial charge in [0.05, 0.1) is 0 Å². The van der Waals surface area contributed by atoms with E-state index >= 15 is 0 Å². The third-order valence-electron chi connectivity index (χ3n) is 6.13. The van der Waals surface area contributed by atoms with Gasteiger partial charge in [0, 0.05) is 17.6 Å². The summed E-state index contributed by atoms with van der Waals surface area (Å²) in [6.07, 6.45) is 4.53. The average molecular weight is 333 g/mol. The van der Waals surface area contributed by atoms with Crippen molar-refractivity contribution in [3.63, 3.8) is 0 Å². The fraction of sp³-hybridized carbons (Fsp3) is 0.435. The molecule has 0 N–H and O–H groups in total. The zero-order chi connectivity index (χ0) is 17.6. The minimum absolute atomic E-state index is 0.243. The topological polar surface area (TPSA) is 20.3 Å². The van der Waals surface area contributed by atoms with E-state index in [0.717, 1.165) is 36.8 Å². The number of aryl methyl sites for hydroxylation is 3. The van der Waals surface area contributed by atoms with Crippen molar-refractivity contribution in [1.82, 2.24) is 4.90 Å². The largest absolute Gasteiger partial charge is 0.333 e. The summed E-state index contributed by atoms with van der Waals surface area (Å²) in [7, 11) is 0. The highest BCUT2D eigenvalue weighted by molar-refractivity contribution is 5.96. The molecule has 2 aliphatic heterocycles. The Morgan fingerprint density at radius 3 is 2.08 bits per heavy atom. The normalized spacial score (nSPS) is 25.2. The third-order valence-corrected chi connectivity index (χ3v) is 6.13. The van der Waals surface area contributed by atoms with E-state index in [-0.39, 0.29) is 5.91 Å². The van der Waals surface area contributed by atoms with Crippen LogP contribution in [-0.2, 0) is 0 Å². The number of benzene rings is 2. The zero-order valence-electron chi connectivity index (χ0n) is 15.5. The average Bonchev–Trinajstić information content (AvgIpc) is 2.85. The molecule has 2 nitrogen and oxygen atoms in total. The smallest absolute Gasteiger partial charge is 0.254 e. The van der Waals surface area contributed by atoms with Gasteiger partial charge in [-0.1, -0.05) is 47.5 Å². The van der Waals surface area contributed by atoms with Crippen LogP contribution in [0.25, 0.3) is 0 Å². The Bertz CT molecular complexity index is 778. The van der Waals surface area contributed by atoms with E-state index in [1.807, 2.05) is 6.07 Å². The van der Waals surface area contributed by atoms with Gasteiger partial charge in [0.15, 0.2) is 0 Å². The van der Waals surface area contributed by atoms with E-state index in [1.165, 1.54) is 16.7 Å². The minimum Gasteiger partial charge on any atom is -0.333 e. The summed E-state index contributed by atoms with van der Waals surface area (Å²) in [5.41, 5.74) is 5.96. The number of carbonyl (C=O) groups is 1. The van der Waals surface area contributed by atoms with Crippen LogP contribution in [0.1, 0.15) is 64.2 Å². The number of hydrogen-bond acceptors (Lipinski definition) is 1. The summed E-state index contributed by atoms with van der Waals surface area (Å²) >= 11 is 0. The first-order valence-electron chi connectivity index (χ1n) is 9.49. The number of piperidine rings is 1. The second-order valence-corrected chi connectivity index (χ2v) is 7.99. The molecular formula is C23H27NO. The second-order valence-electron chi connectivity index (χ2n) is 7.99. The van der Waals surface area contributed by atoms with Crippen LogP contribution in [0.2, 0.25) is 0 Å². The lowest BCUT2D eigenvalue weighted by Gasteiger charge is -2.39. The zero-order valence-corrected chi connectivity index (χ0v) is 15.5. The molecule has 3 atom stereocenters. The molecule has 2 aliphatic rings. The molecule has 2 aromatic rings. The Morgan fingerprint density at radius 1 is 0.880 bits per heavy atom. The second kappa shape index (κ2) is 6.33. The van der Waals surface area contributed by atoms with E-state index in [0.29, 0.717) is 18.0 Å². The molecule has 2 aromatic carbocycles. The van der Waals surface area contributed by atoms with Crippen LogP contribution in [0.4, 0.5) is 0 Å². The Balaban J connectivity index is 1.56. The van der Waals surface area contributed by atoms with Crippen LogP contribution in [0, 0.1) is 20.8 Å². The van der Waals surface area contributed by atoms with Crippen LogP contribution in [-0.4, -0.2) is 22.9 Å². The molecule has 0 aliphatic carbocycles. The van der Waals surface area contributed by atoms with Gasteiger partial charge in [0.25, 0.3) is 5.91 Å². The molecule has 2 heterocycles. The molecule has 0 spiro atoms. The van der Waals surface area contributed by atoms with Crippen molar-refractivity contribution >= 4 is 5.91 Å². The van der Waals surface area contributed by atoms with Gasteiger partial charge in [-0.15, -0.1) is 0 Å². The van der Waals surface area contributed by atoms with Gasteiger partial charge in [-0.05, 0) is 69.6 Å². The monoisotopic (exact) mass is 333 g/mol. The van der Waals surface area contributed by atoms with E-state index in [1.54, 1.807) is 0 Å². The van der Waals surface area contributed by atoms with E-state index in [2.05, 4.69) is 62.1 Å². The van der Waals surface area contributed by atoms with Gasteiger partial charge in [-0.3, -0.25) is 4.79 Å². The standard InChI is InChI=1S/C23H27NO/c1-15-4-7-18(8-5-15)19-13-20-9-10-21(14-19)24(20)23(25)22-11-6-16(2)12-17(22)3/h4-8,11-12,19-21H,9-10,13-14H2,1-3H3/t19?,20-,21+. The lowest BCUT2D eigenvalue weighted by molar-refractivity contribution is 0.0571. The highest BCUT2D eigenvalue weighted by atomic mass is 16.2. The molecule has 2 fully saturated rings. The molecule has 130 valence electrons. The lowest BCUT2D eigenvalue weighted by Crippen LogP contribution is -2.46. The van der Waals surface area contributed by atoms with Gasteiger partial charge in [0.1, 0.15) is 0 Å². The molecule has 0 saturated carbocycles. The Hall–Kier alpha value is -2.09. The highest BCUT2D eigenvalue weighted by Crippen LogP contribution is 2.43. The predicted molar refractivity (Wildman–Crippen MR) is 102 cm³/mol.